The Morgan fingerprint density at radius 3 is 1.50 bits per heavy atom. The van der Waals surface area contributed by atoms with Crippen LogP contribution in [0.25, 0.3) is 0 Å². The van der Waals surface area contributed by atoms with Gasteiger partial charge in [0.05, 0.1) is 19.8 Å². The summed E-state index contributed by atoms with van der Waals surface area (Å²) in [5.41, 5.74) is 0. The van der Waals surface area contributed by atoms with Gasteiger partial charge in [-0.25, -0.2) is 0 Å². The fourth-order valence-electron chi connectivity index (χ4n) is 6.08. The van der Waals surface area contributed by atoms with Crippen molar-refractivity contribution in [1.29, 1.82) is 0 Å². The van der Waals surface area contributed by atoms with Gasteiger partial charge < -0.3 is 39.4 Å². The smallest absolute Gasteiger partial charge is 0.306 e. The molecule has 0 bridgehead atoms. The summed E-state index contributed by atoms with van der Waals surface area (Å²) in [4.78, 5) is 12.7. The van der Waals surface area contributed by atoms with Gasteiger partial charge in [-0.05, 0) is 77.0 Å². The van der Waals surface area contributed by atoms with E-state index < -0.39 is 49.4 Å². The lowest BCUT2D eigenvalue weighted by Crippen LogP contribution is -2.59. The number of rotatable bonds is 36. The van der Waals surface area contributed by atoms with Crippen molar-refractivity contribution in [3.05, 3.63) is 97.2 Å². The predicted octanol–water partition coefficient (Wildman–Crippen LogP) is 10.0. The van der Waals surface area contributed by atoms with Crippen LogP contribution in [0.5, 0.6) is 0 Å². The van der Waals surface area contributed by atoms with Crippen molar-refractivity contribution in [3.8, 4) is 0 Å². The summed E-state index contributed by atoms with van der Waals surface area (Å²) in [7, 11) is 0. The first kappa shape index (κ1) is 53.1. The molecule has 1 aliphatic heterocycles. The van der Waals surface area contributed by atoms with Gasteiger partial charge in [0, 0.05) is 13.0 Å². The van der Waals surface area contributed by atoms with E-state index in [1.807, 2.05) is 12.2 Å². The third-order valence-electron chi connectivity index (χ3n) is 9.51. The zero-order valence-corrected chi connectivity index (χ0v) is 36.0. The Hall–Kier alpha value is -2.89. The van der Waals surface area contributed by atoms with Gasteiger partial charge in [-0.15, -0.1) is 0 Å². The maximum absolute atomic E-state index is 12.7. The minimum absolute atomic E-state index is 0.105. The first-order valence-electron chi connectivity index (χ1n) is 22.3. The van der Waals surface area contributed by atoms with Crippen LogP contribution in [0.4, 0.5) is 0 Å². The fraction of sp³-hybridized carbons (Fsp3) is 0.653. The molecule has 1 heterocycles. The van der Waals surface area contributed by atoms with Gasteiger partial charge in [-0.3, -0.25) is 4.79 Å². The summed E-state index contributed by atoms with van der Waals surface area (Å²) in [6.45, 7) is 4.20. The second-order valence-electron chi connectivity index (χ2n) is 14.7. The molecular formula is C49H80O9. The normalized spacial score (nSPS) is 21.2. The van der Waals surface area contributed by atoms with Crippen molar-refractivity contribution in [3.63, 3.8) is 0 Å². The lowest BCUT2D eigenvalue weighted by Gasteiger charge is -2.39. The van der Waals surface area contributed by atoms with E-state index >= 15 is 0 Å². The molecule has 1 aliphatic rings. The zero-order valence-electron chi connectivity index (χ0n) is 36.0. The Morgan fingerprint density at radius 2 is 1.00 bits per heavy atom. The van der Waals surface area contributed by atoms with Crippen LogP contribution in [-0.4, -0.2) is 89.6 Å². The Bertz CT molecular complexity index is 1200. The van der Waals surface area contributed by atoms with Crippen LogP contribution < -0.4 is 0 Å². The lowest BCUT2D eigenvalue weighted by atomic mass is 9.99. The summed E-state index contributed by atoms with van der Waals surface area (Å²) in [5, 5.41) is 40.1. The van der Waals surface area contributed by atoms with E-state index in [0.717, 1.165) is 77.0 Å². The Labute approximate surface area is 352 Å². The average Bonchev–Trinajstić information content (AvgIpc) is 3.22. The number of carbonyl (C=O) groups excluding carboxylic acids is 1. The highest BCUT2D eigenvalue weighted by atomic mass is 16.7. The molecule has 0 aromatic rings. The SMILES string of the molecule is CC/C=C\C/C=C\C/C=C\C/C=C\CCCCCCCCCCCOCC(COC1OC(CO)C(O)C(O)C1O)OC(=O)CC/C=C\C/C=C\C/C=C\C/C=C\CC. The van der Waals surface area contributed by atoms with Gasteiger partial charge in [0.2, 0.25) is 0 Å². The average molecular weight is 813 g/mol. The van der Waals surface area contributed by atoms with E-state index in [1.165, 1.54) is 38.5 Å². The standard InChI is InChI=1S/C49H80O9/c1-3-5-7-9-11-13-15-17-18-19-20-21-22-23-24-25-27-29-31-33-35-37-39-55-41-43(42-56-49-48(54)47(53)46(52)44(40-50)58-49)57-45(51)38-36-34-32-30-28-26-16-14-12-10-8-6-4-2/h5-8,11-14,17-18,20-21,26,28,32,34,43-44,46-50,52-54H,3-4,9-10,15-16,19,22-25,27,29-31,33,35-42H2,1-2H3/b7-5-,8-6-,13-11-,14-12-,18-17-,21-20-,28-26-,34-32-. The van der Waals surface area contributed by atoms with Crippen molar-refractivity contribution in [2.45, 2.75) is 179 Å². The second-order valence-corrected chi connectivity index (χ2v) is 14.7. The molecule has 0 amide bonds. The minimum atomic E-state index is -1.55. The van der Waals surface area contributed by atoms with Crippen molar-refractivity contribution in [1.82, 2.24) is 0 Å². The lowest BCUT2D eigenvalue weighted by molar-refractivity contribution is -0.305. The number of unbranched alkanes of at least 4 members (excludes halogenated alkanes) is 9. The number of carbonyl (C=O) groups is 1. The second kappa shape index (κ2) is 39.6. The molecule has 0 aliphatic carbocycles. The Morgan fingerprint density at radius 1 is 0.552 bits per heavy atom. The number of hydrogen-bond acceptors (Lipinski definition) is 9. The van der Waals surface area contributed by atoms with Gasteiger partial charge in [0.15, 0.2) is 6.29 Å². The number of hydrogen-bond donors (Lipinski definition) is 4. The molecule has 1 fully saturated rings. The largest absolute Gasteiger partial charge is 0.457 e. The molecule has 9 heteroatoms. The van der Waals surface area contributed by atoms with Crippen LogP contribution in [0.15, 0.2) is 97.2 Å². The predicted molar refractivity (Wildman–Crippen MR) is 237 cm³/mol. The van der Waals surface area contributed by atoms with Gasteiger partial charge in [0.1, 0.15) is 30.5 Å². The van der Waals surface area contributed by atoms with Gasteiger partial charge >= 0.3 is 5.97 Å². The molecule has 4 N–H and O–H groups in total. The first-order valence-corrected chi connectivity index (χ1v) is 22.3. The highest BCUT2D eigenvalue weighted by molar-refractivity contribution is 5.69. The minimum Gasteiger partial charge on any atom is -0.457 e. The van der Waals surface area contributed by atoms with E-state index in [1.54, 1.807) is 0 Å². The number of aliphatic hydroxyl groups excluding tert-OH is 4. The zero-order chi connectivity index (χ0) is 42.2. The van der Waals surface area contributed by atoms with Crippen molar-refractivity contribution in [2.75, 3.05) is 26.4 Å². The summed E-state index contributed by atoms with van der Waals surface area (Å²) in [5.74, 6) is -0.400. The molecular weight excluding hydrogens is 733 g/mol. The monoisotopic (exact) mass is 813 g/mol. The van der Waals surface area contributed by atoms with Crippen molar-refractivity contribution >= 4 is 5.97 Å². The van der Waals surface area contributed by atoms with E-state index in [2.05, 4.69) is 98.9 Å². The first-order chi connectivity index (χ1) is 28.4. The molecule has 0 aromatic heterocycles. The molecule has 0 spiro atoms. The Balaban J connectivity index is 2.28. The maximum Gasteiger partial charge on any atom is 0.306 e. The molecule has 6 atom stereocenters. The quantitative estimate of drug-likeness (QED) is 0.0277. The molecule has 6 unspecified atom stereocenters. The molecule has 0 saturated carbocycles. The highest BCUT2D eigenvalue weighted by Gasteiger charge is 2.44. The fourth-order valence-corrected chi connectivity index (χ4v) is 6.08. The van der Waals surface area contributed by atoms with Crippen LogP contribution in [0.1, 0.15) is 142 Å². The summed E-state index contributed by atoms with van der Waals surface area (Å²) < 4.78 is 22.7. The topological polar surface area (TPSA) is 135 Å². The number of allylic oxidation sites excluding steroid dienone is 16. The van der Waals surface area contributed by atoms with Gasteiger partial charge in [-0.2, -0.15) is 0 Å². The van der Waals surface area contributed by atoms with E-state index in [0.29, 0.717) is 13.0 Å². The molecule has 0 aromatic carbocycles. The molecule has 0 radical (unpaired) electrons. The van der Waals surface area contributed by atoms with Crippen LogP contribution >= 0.6 is 0 Å². The summed E-state index contributed by atoms with van der Waals surface area (Å²) in [6.07, 6.45) is 47.4. The Kier molecular flexibility index (Phi) is 36.2. The highest BCUT2D eigenvalue weighted by Crippen LogP contribution is 2.22. The number of ether oxygens (including phenoxy) is 4. The van der Waals surface area contributed by atoms with E-state index in [4.69, 9.17) is 18.9 Å². The maximum atomic E-state index is 12.7. The molecule has 1 rings (SSSR count). The molecule has 9 nitrogen and oxygen atoms in total. The third-order valence-corrected chi connectivity index (χ3v) is 9.51. The van der Waals surface area contributed by atoms with Crippen molar-refractivity contribution < 1.29 is 44.2 Å². The van der Waals surface area contributed by atoms with Gasteiger partial charge in [-0.1, -0.05) is 156 Å². The molecule has 1 saturated heterocycles. The molecule has 58 heavy (non-hydrogen) atoms. The van der Waals surface area contributed by atoms with Crippen LogP contribution in [0.2, 0.25) is 0 Å². The number of aliphatic hydroxyl groups is 4. The van der Waals surface area contributed by atoms with Crippen LogP contribution in [0.3, 0.4) is 0 Å². The van der Waals surface area contributed by atoms with E-state index in [-0.39, 0.29) is 19.6 Å². The van der Waals surface area contributed by atoms with Gasteiger partial charge in [0.25, 0.3) is 0 Å². The van der Waals surface area contributed by atoms with Crippen molar-refractivity contribution in [2.24, 2.45) is 0 Å². The van der Waals surface area contributed by atoms with Crippen LogP contribution in [0, 0.1) is 0 Å². The number of esters is 1. The van der Waals surface area contributed by atoms with Crippen LogP contribution in [-0.2, 0) is 23.7 Å². The summed E-state index contributed by atoms with van der Waals surface area (Å²) in [6, 6.07) is 0. The molecule has 330 valence electrons. The summed E-state index contributed by atoms with van der Waals surface area (Å²) >= 11 is 0. The third kappa shape index (κ3) is 30.2. The van der Waals surface area contributed by atoms with E-state index in [9.17, 15) is 25.2 Å².